The Kier molecular flexibility index (Phi) is 26.4. The minimum atomic E-state index is -1.77. The van der Waals surface area contributed by atoms with E-state index in [9.17, 15) is 68.4 Å². The van der Waals surface area contributed by atoms with E-state index in [1.54, 1.807) is 44.3 Å². The van der Waals surface area contributed by atoms with Gasteiger partial charge in [-0.05, 0) is 73.2 Å². The van der Waals surface area contributed by atoms with Gasteiger partial charge in [0, 0.05) is 128 Å². The average molecular weight is 1370 g/mol. The standard InChI is InChI=1S/C67H87N15O15S/c1-9-34(2)57(74-36(4)85)64(93)77-48(25-35(3)84)61(90)78-50(32-83)63(92)76-49(27-38-31-73-46-14-11-10-13-41(38)46)62(91)75-47(15-12-22-72-67(69)70)60(89)79-51(58(68)87)33-98-54-30-55(86)82(65(54)94)24-23-71-59(88)37-16-19-42(66(95)96)45(26-37)56-43-20-17-39(80(5)6)28-52(43)97-53-29-40(81(7)8)18-21-44(53)56/h10-11,13-14,16-21,26,28-29,31,34-35,47-51,54,57-58,73,83-84,87H,9,12,15,22-25,27,30,32-33,68H2,1-8H3,(H11-,69,70,71,72,74,75,76,77,78,79,85,88,89,90,91,92,93,95,96)/t34-,35?,47-,48-,49-,50-,51?,54?,57-,58?/m0/s1. The third-order valence-electron chi connectivity index (χ3n) is 16.8. The number of fused-ring (bicyclic) bond motifs is 3. The molecule has 3 aromatic carbocycles. The first-order valence-corrected chi connectivity index (χ1v) is 33.0. The minimum Gasteiger partial charge on any atom is -0.545 e. The number of nitrogens with one attached hydrogen (secondary N) is 10. The van der Waals surface area contributed by atoms with Crippen LogP contribution in [0.4, 0.5) is 5.69 Å². The minimum absolute atomic E-state index is 0.0527. The number of aliphatic hydroxyl groups excluding tert-OH is 3. The smallest absolute Gasteiger partial charge is 0.251 e. The number of aliphatic hydroxyl groups is 3. The molecule has 1 saturated heterocycles. The third kappa shape index (κ3) is 19.4. The zero-order valence-corrected chi connectivity index (χ0v) is 56.6. The fraction of sp³-hybridized carbons (Fsp3) is 0.433. The summed E-state index contributed by atoms with van der Waals surface area (Å²) in [5, 5.41) is 73.9. The van der Waals surface area contributed by atoms with Gasteiger partial charge in [-0.3, -0.25) is 53.5 Å². The van der Waals surface area contributed by atoms with Crippen LogP contribution in [-0.2, 0) is 44.8 Å². The normalized spacial score (nSPS) is 15.8. The Balaban J connectivity index is 1.04. The molecule has 3 aliphatic rings. The molecule has 4 unspecified atom stereocenters. The van der Waals surface area contributed by atoms with Crippen LogP contribution in [0.2, 0.25) is 0 Å². The number of carbonyl (C=O) groups is 10. The van der Waals surface area contributed by atoms with Crippen molar-refractivity contribution < 1.29 is 72.8 Å². The van der Waals surface area contributed by atoms with Crippen LogP contribution in [0.25, 0.3) is 44.3 Å². The van der Waals surface area contributed by atoms with Crippen molar-refractivity contribution in [3.8, 4) is 22.5 Å². The molecule has 10 atom stereocenters. The lowest BCUT2D eigenvalue weighted by Crippen LogP contribution is -2.61. The summed E-state index contributed by atoms with van der Waals surface area (Å²) in [7, 11) is 7.48. The lowest BCUT2D eigenvalue weighted by atomic mass is 9.89. The van der Waals surface area contributed by atoms with Gasteiger partial charge in [-0.2, -0.15) is 0 Å². The van der Waals surface area contributed by atoms with Crippen LogP contribution in [0.5, 0.6) is 0 Å². The van der Waals surface area contributed by atoms with Crippen molar-refractivity contribution in [2.24, 2.45) is 17.4 Å². The van der Waals surface area contributed by atoms with E-state index in [-0.39, 0.29) is 86.1 Å². The largest absolute Gasteiger partial charge is 0.545 e. The Hall–Kier alpha value is -9.95. The van der Waals surface area contributed by atoms with Crippen LogP contribution in [0.15, 0.2) is 89.5 Å². The summed E-state index contributed by atoms with van der Waals surface area (Å²) in [5.74, 6) is -9.05. The number of benzene rings is 4. The Morgan fingerprint density at radius 3 is 2.14 bits per heavy atom. The van der Waals surface area contributed by atoms with Crippen LogP contribution >= 0.6 is 11.8 Å². The molecule has 31 heteroatoms. The number of H-pyrrole nitrogens is 1. The van der Waals surface area contributed by atoms with Gasteiger partial charge in [0.15, 0.2) is 5.96 Å². The summed E-state index contributed by atoms with van der Waals surface area (Å²) in [6.45, 7) is 4.66. The van der Waals surface area contributed by atoms with E-state index < -0.39 is 120 Å². The number of guanidine groups is 1. The fourth-order valence-corrected chi connectivity index (χ4v) is 12.5. The lowest BCUT2D eigenvalue weighted by Gasteiger charge is -2.28. The van der Waals surface area contributed by atoms with Crippen molar-refractivity contribution in [3.05, 3.63) is 107 Å². The molecule has 0 radical (unpaired) electrons. The summed E-state index contributed by atoms with van der Waals surface area (Å²) in [4.78, 5) is 143. The Morgan fingerprint density at radius 1 is 0.816 bits per heavy atom. The average Bonchev–Trinajstić information content (AvgIpc) is 0.963. The summed E-state index contributed by atoms with van der Waals surface area (Å²) >= 11 is 0.907. The number of thioether (sulfide) groups is 1. The number of amides is 9. The van der Waals surface area contributed by atoms with Crippen LogP contribution in [-0.4, -0.2) is 204 Å². The van der Waals surface area contributed by atoms with Gasteiger partial charge >= 0.3 is 0 Å². The molecule has 4 aromatic rings. The molecular formula is C67H87N15O15S. The van der Waals surface area contributed by atoms with Crippen molar-refractivity contribution in [2.45, 2.75) is 120 Å². The monoisotopic (exact) mass is 1370 g/mol. The molecule has 0 saturated carbocycles. The Labute approximate surface area is 569 Å². The highest BCUT2D eigenvalue weighted by Crippen LogP contribution is 2.42. The van der Waals surface area contributed by atoms with Crippen LogP contribution < -0.4 is 73.9 Å². The SMILES string of the molecule is CC[C@H](C)[C@H](NC(C)=O)C(=O)N[C@@H](CC(C)O)C(=O)N[C@@H](CO)C(=O)N[C@@H](Cc1c[nH]c2ccccc12)C(=O)N[C@@H](CCCNC(=N)N)C(=O)NC(CSC1CC(=O)N(CCNC(=O)c2ccc(C(=O)[O-])c(-c3c4ccc(=[N+](C)C)cc-4oc4cc(N(C)C)ccc34)c2)C1=O)C(N)O. The highest BCUT2D eigenvalue weighted by molar-refractivity contribution is 8.00. The third-order valence-corrected chi connectivity index (χ3v) is 18.1. The van der Waals surface area contributed by atoms with E-state index in [1.807, 2.05) is 74.1 Å². The van der Waals surface area contributed by atoms with E-state index in [2.05, 4.69) is 47.5 Å². The van der Waals surface area contributed by atoms with Crippen LogP contribution in [0.1, 0.15) is 86.1 Å². The molecule has 0 bridgehead atoms. The number of aromatic carboxylic acids is 1. The Bertz CT molecular complexity index is 4000. The lowest BCUT2D eigenvalue weighted by molar-refractivity contribution is -0.255. The van der Waals surface area contributed by atoms with E-state index >= 15 is 0 Å². The fourth-order valence-electron chi connectivity index (χ4n) is 11.2. The zero-order chi connectivity index (χ0) is 71.8. The summed E-state index contributed by atoms with van der Waals surface area (Å²) < 4.78 is 8.31. The number of carboxylic acids is 1. The van der Waals surface area contributed by atoms with Gasteiger partial charge in [-0.25, -0.2) is 4.58 Å². The van der Waals surface area contributed by atoms with Gasteiger partial charge in [-0.15, -0.1) is 11.8 Å². The molecule has 9 amide bonds. The number of rotatable bonds is 33. The van der Waals surface area contributed by atoms with Crippen molar-refractivity contribution in [3.63, 3.8) is 0 Å². The molecule has 30 nitrogen and oxygen atoms in total. The van der Waals surface area contributed by atoms with Crippen molar-refractivity contribution >= 4 is 104 Å². The van der Waals surface area contributed by atoms with Crippen LogP contribution in [0, 0.1) is 11.3 Å². The maximum Gasteiger partial charge on any atom is 0.251 e. The molecule has 3 heterocycles. The number of hydrogen-bond donors (Lipinski definition) is 15. The number of para-hydroxylation sites is 1. The van der Waals surface area contributed by atoms with Gasteiger partial charge in [0.1, 0.15) is 61.9 Å². The molecule has 526 valence electrons. The van der Waals surface area contributed by atoms with Gasteiger partial charge < -0.3 is 93.5 Å². The van der Waals surface area contributed by atoms with E-state index in [0.29, 0.717) is 50.7 Å². The van der Waals surface area contributed by atoms with Gasteiger partial charge in [-0.1, -0.05) is 44.5 Å². The second-order valence-corrected chi connectivity index (χ2v) is 25.8. The highest BCUT2D eigenvalue weighted by atomic mass is 32.2. The molecule has 1 fully saturated rings. The number of carboxylic acid groups (broad SMARTS) is 1. The van der Waals surface area contributed by atoms with Crippen molar-refractivity contribution in [2.75, 3.05) is 65.1 Å². The number of aromatic nitrogens is 1. The quantitative estimate of drug-likeness (QED) is 0.00414. The Morgan fingerprint density at radius 2 is 1.49 bits per heavy atom. The summed E-state index contributed by atoms with van der Waals surface area (Å²) in [5.41, 5.74) is 15.1. The molecule has 0 spiro atoms. The topological polar surface area (TPSA) is 465 Å². The number of anilines is 1. The van der Waals surface area contributed by atoms with Crippen LogP contribution in [0.3, 0.4) is 0 Å². The second-order valence-electron chi connectivity index (χ2n) is 24.6. The van der Waals surface area contributed by atoms with E-state index in [1.165, 1.54) is 32.0 Å². The first-order valence-electron chi connectivity index (χ1n) is 31.9. The summed E-state index contributed by atoms with van der Waals surface area (Å²) in [6, 6.07) is 13.5. The first kappa shape index (κ1) is 75.4. The predicted molar refractivity (Wildman–Crippen MR) is 365 cm³/mol. The molecule has 1 aromatic heterocycles. The highest BCUT2D eigenvalue weighted by Gasteiger charge is 2.40. The van der Waals surface area contributed by atoms with Gasteiger partial charge in [0.25, 0.3) is 5.91 Å². The maximum absolute atomic E-state index is 14.7. The number of nitrogens with zero attached hydrogens (tertiary/aromatic N) is 3. The second kappa shape index (κ2) is 34.3. The zero-order valence-electron chi connectivity index (χ0n) is 55.8. The molecule has 7 rings (SSSR count). The first-order chi connectivity index (χ1) is 46.5. The number of likely N-dealkylation sites (tertiary alicyclic amines) is 1. The number of aromatic amines is 1. The van der Waals surface area contributed by atoms with Crippen molar-refractivity contribution in [1.82, 2.24) is 57.0 Å². The molecule has 98 heavy (non-hydrogen) atoms. The number of imide groups is 1. The van der Waals surface area contributed by atoms with E-state index in [0.717, 1.165) is 27.7 Å². The maximum atomic E-state index is 14.7. The molecule has 2 aliphatic heterocycles. The van der Waals surface area contributed by atoms with E-state index in [4.69, 9.17) is 21.3 Å². The predicted octanol–water partition coefficient (Wildman–Crippen LogP) is -1.74. The molecule has 1 aliphatic carbocycles. The van der Waals surface area contributed by atoms with Gasteiger partial charge in [0.2, 0.25) is 52.6 Å². The molecular weight excluding hydrogens is 1290 g/mol. The summed E-state index contributed by atoms with van der Waals surface area (Å²) in [6.07, 6.45) is -1.76. The number of nitrogens with two attached hydrogens (primary N) is 2. The number of carbonyl (C=O) groups excluding carboxylic acids is 10. The number of hydrogen-bond acceptors (Lipinski definition) is 19. The molecule has 17 N–H and O–H groups in total. The van der Waals surface area contributed by atoms with Gasteiger partial charge in [0.05, 0.1) is 36.0 Å². The van der Waals surface area contributed by atoms with Crippen molar-refractivity contribution in [1.29, 1.82) is 5.41 Å².